The van der Waals surface area contributed by atoms with Crippen molar-refractivity contribution in [1.82, 2.24) is 4.90 Å². The van der Waals surface area contributed by atoms with E-state index in [-0.39, 0.29) is 11.7 Å². The summed E-state index contributed by atoms with van der Waals surface area (Å²) in [5, 5.41) is 9.60. The molecule has 1 aromatic rings. The van der Waals surface area contributed by atoms with Gasteiger partial charge >= 0.3 is 0 Å². The van der Waals surface area contributed by atoms with Crippen molar-refractivity contribution in [3.8, 4) is 5.75 Å². The number of nitrogens with zero attached hydrogens (tertiary/aromatic N) is 1. The average Bonchev–Trinajstić information content (AvgIpc) is 2.17. The fourth-order valence-electron chi connectivity index (χ4n) is 1.32. The van der Waals surface area contributed by atoms with Crippen molar-refractivity contribution < 1.29 is 9.90 Å². The number of nitrogens with two attached hydrogens (primary N) is 1. The Morgan fingerprint density at radius 3 is 2.73 bits per heavy atom. The lowest BCUT2D eigenvalue weighted by Gasteiger charge is -2.16. The van der Waals surface area contributed by atoms with Gasteiger partial charge in [-0.3, -0.25) is 4.79 Å². The van der Waals surface area contributed by atoms with E-state index in [1.165, 1.54) is 4.90 Å². The summed E-state index contributed by atoms with van der Waals surface area (Å²) in [6.07, 6.45) is 0. The van der Waals surface area contributed by atoms with E-state index in [0.29, 0.717) is 18.7 Å². The van der Waals surface area contributed by atoms with Crippen molar-refractivity contribution in [2.75, 3.05) is 20.1 Å². The maximum atomic E-state index is 11.8. The lowest BCUT2D eigenvalue weighted by atomic mass is 10.1. The van der Waals surface area contributed by atoms with Gasteiger partial charge in [-0.1, -0.05) is 6.07 Å². The Balaban J connectivity index is 2.91. The van der Waals surface area contributed by atoms with E-state index in [0.717, 1.165) is 5.56 Å². The molecule has 0 bridgehead atoms. The molecule has 82 valence electrons. The van der Waals surface area contributed by atoms with Crippen molar-refractivity contribution in [2.24, 2.45) is 5.73 Å². The second-order valence-electron chi connectivity index (χ2n) is 3.54. The first kappa shape index (κ1) is 11.5. The number of carbonyl (C=O) groups is 1. The summed E-state index contributed by atoms with van der Waals surface area (Å²) < 4.78 is 0. The van der Waals surface area contributed by atoms with Gasteiger partial charge in [-0.15, -0.1) is 0 Å². The zero-order valence-corrected chi connectivity index (χ0v) is 9.03. The van der Waals surface area contributed by atoms with Crippen LogP contribution in [0.5, 0.6) is 5.75 Å². The summed E-state index contributed by atoms with van der Waals surface area (Å²) in [5.41, 5.74) is 6.59. The van der Waals surface area contributed by atoms with Crippen LogP contribution in [-0.4, -0.2) is 36.1 Å². The van der Waals surface area contributed by atoms with Gasteiger partial charge in [-0.2, -0.15) is 0 Å². The quantitative estimate of drug-likeness (QED) is 0.769. The molecule has 0 saturated carbocycles. The van der Waals surface area contributed by atoms with Crippen molar-refractivity contribution in [3.63, 3.8) is 0 Å². The minimum atomic E-state index is -0.210. The molecule has 15 heavy (non-hydrogen) atoms. The van der Waals surface area contributed by atoms with Gasteiger partial charge in [-0.05, 0) is 24.6 Å². The Bertz CT molecular complexity index is 364. The van der Waals surface area contributed by atoms with Crippen LogP contribution in [0.25, 0.3) is 0 Å². The van der Waals surface area contributed by atoms with Crippen molar-refractivity contribution in [1.29, 1.82) is 0 Å². The third-order valence-corrected chi connectivity index (χ3v) is 2.19. The number of hydrogen-bond acceptors (Lipinski definition) is 3. The van der Waals surface area contributed by atoms with Crippen LogP contribution in [0.3, 0.4) is 0 Å². The van der Waals surface area contributed by atoms with E-state index in [1.807, 2.05) is 6.92 Å². The lowest BCUT2D eigenvalue weighted by Crippen LogP contribution is -2.31. The fourth-order valence-corrected chi connectivity index (χ4v) is 1.32. The zero-order chi connectivity index (χ0) is 11.4. The second-order valence-corrected chi connectivity index (χ2v) is 3.54. The normalized spacial score (nSPS) is 10.1. The van der Waals surface area contributed by atoms with Crippen LogP contribution >= 0.6 is 0 Å². The summed E-state index contributed by atoms with van der Waals surface area (Å²) >= 11 is 0. The van der Waals surface area contributed by atoms with E-state index in [9.17, 15) is 9.90 Å². The smallest absolute Gasteiger partial charge is 0.257 e. The van der Waals surface area contributed by atoms with Gasteiger partial charge in [0.15, 0.2) is 0 Å². The SMILES string of the molecule is Cc1ccc(C(=O)N(C)CCN)c(O)c1. The standard InChI is InChI=1S/C11H16N2O2/c1-8-3-4-9(10(14)7-8)11(15)13(2)6-5-12/h3-4,7,14H,5-6,12H2,1-2H3. The number of aryl methyl sites for hydroxylation is 1. The minimum Gasteiger partial charge on any atom is -0.507 e. The highest BCUT2D eigenvalue weighted by molar-refractivity contribution is 5.96. The van der Waals surface area contributed by atoms with Crippen LogP contribution in [0.2, 0.25) is 0 Å². The number of phenolic OH excluding ortho intramolecular Hbond substituents is 1. The molecular formula is C11H16N2O2. The lowest BCUT2D eigenvalue weighted by molar-refractivity contribution is 0.0796. The first-order chi connectivity index (χ1) is 7.06. The Morgan fingerprint density at radius 1 is 1.53 bits per heavy atom. The number of carbonyl (C=O) groups excluding carboxylic acids is 1. The van der Waals surface area contributed by atoms with Gasteiger partial charge in [0.25, 0.3) is 5.91 Å². The predicted octanol–water partition coefficient (Wildman–Crippen LogP) is 0.731. The van der Waals surface area contributed by atoms with Gasteiger partial charge in [-0.25, -0.2) is 0 Å². The van der Waals surface area contributed by atoms with Gasteiger partial charge in [0.2, 0.25) is 0 Å². The van der Waals surface area contributed by atoms with Crippen LogP contribution in [0, 0.1) is 6.92 Å². The molecule has 0 unspecified atom stereocenters. The molecule has 0 atom stereocenters. The Kier molecular flexibility index (Phi) is 3.68. The highest BCUT2D eigenvalue weighted by atomic mass is 16.3. The number of hydrogen-bond donors (Lipinski definition) is 2. The van der Waals surface area contributed by atoms with E-state index >= 15 is 0 Å². The summed E-state index contributed by atoms with van der Waals surface area (Å²) in [4.78, 5) is 13.3. The third-order valence-electron chi connectivity index (χ3n) is 2.19. The van der Waals surface area contributed by atoms with E-state index in [4.69, 9.17) is 5.73 Å². The monoisotopic (exact) mass is 208 g/mol. The third kappa shape index (κ3) is 2.70. The van der Waals surface area contributed by atoms with Gasteiger partial charge in [0.05, 0.1) is 5.56 Å². The Hall–Kier alpha value is -1.55. The maximum Gasteiger partial charge on any atom is 0.257 e. The molecule has 0 aliphatic carbocycles. The van der Waals surface area contributed by atoms with Crippen LogP contribution in [0.1, 0.15) is 15.9 Å². The summed E-state index contributed by atoms with van der Waals surface area (Å²) in [6.45, 7) is 2.75. The van der Waals surface area contributed by atoms with E-state index in [2.05, 4.69) is 0 Å². The molecule has 1 aromatic carbocycles. The number of phenols is 1. The molecule has 0 aromatic heterocycles. The molecule has 4 nitrogen and oxygen atoms in total. The Labute approximate surface area is 89.3 Å². The molecule has 1 amide bonds. The molecule has 0 heterocycles. The summed E-state index contributed by atoms with van der Waals surface area (Å²) in [6, 6.07) is 4.99. The van der Waals surface area contributed by atoms with Gasteiger partial charge in [0, 0.05) is 20.1 Å². The van der Waals surface area contributed by atoms with Gasteiger partial charge in [0.1, 0.15) is 5.75 Å². The Morgan fingerprint density at radius 2 is 2.20 bits per heavy atom. The molecule has 0 fully saturated rings. The summed E-state index contributed by atoms with van der Waals surface area (Å²) in [5.74, 6) is -0.193. The van der Waals surface area contributed by atoms with Crippen LogP contribution in [0.4, 0.5) is 0 Å². The predicted molar refractivity (Wildman–Crippen MR) is 58.9 cm³/mol. The molecule has 0 aliphatic heterocycles. The first-order valence-corrected chi connectivity index (χ1v) is 4.81. The van der Waals surface area contributed by atoms with Crippen LogP contribution in [0.15, 0.2) is 18.2 Å². The van der Waals surface area contributed by atoms with Crippen molar-refractivity contribution in [3.05, 3.63) is 29.3 Å². The highest BCUT2D eigenvalue weighted by Crippen LogP contribution is 2.19. The largest absolute Gasteiger partial charge is 0.507 e. The number of amides is 1. The van der Waals surface area contributed by atoms with Crippen molar-refractivity contribution in [2.45, 2.75) is 6.92 Å². The first-order valence-electron chi connectivity index (χ1n) is 4.81. The van der Waals surface area contributed by atoms with E-state index < -0.39 is 0 Å². The molecule has 1 rings (SSSR count). The molecular weight excluding hydrogens is 192 g/mol. The highest BCUT2D eigenvalue weighted by Gasteiger charge is 2.14. The fraction of sp³-hybridized carbons (Fsp3) is 0.364. The van der Waals surface area contributed by atoms with Gasteiger partial charge < -0.3 is 15.7 Å². The van der Waals surface area contributed by atoms with Crippen LogP contribution in [-0.2, 0) is 0 Å². The average molecular weight is 208 g/mol. The molecule has 0 radical (unpaired) electrons. The molecule has 0 saturated heterocycles. The summed E-state index contributed by atoms with van der Waals surface area (Å²) in [7, 11) is 1.66. The number of rotatable bonds is 3. The topological polar surface area (TPSA) is 66.6 Å². The minimum absolute atomic E-state index is 0.0175. The van der Waals surface area contributed by atoms with E-state index in [1.54, 1.807) is 25.2 Å². The molecule has 4 heteroatoms. The number of benzene rings is 1. The maximum absolute atomic E-state index is 11.8. The number of aromatic hydroxyl groups is 1. The van der Waals surface area contributed by atoms with Crippen LogP contribution < -0.4 is 5.73 Å². The van der Waals surface area contributed by atoms with Crippen molar-refractivity contribution >= 4 is 5.91 Å². The number of likely N-dealkylation sites (N-methyl/N-ethyl adjacent to an activating group) is 1. The second kappa shape index (κ2) is 4.79. The molecule has 0 spiro atoms. The zero-order valence-electron chi connectivity index (χ0n) is 9.03. The molecule has 3 N–H and O–H groups in total. The molecule has 0 aliphatic rings.